The molecule has 3 aromatic carbocycles. The van der Waals surface area contributed by atoms with Crippen LogP contribution in [0.3, 0.4) is 0 Å². The summed E-state index contributed by atoms with van der Waals surface area (Å²) in [5.41, 5.74) is 3.10. The lowest BCUT2D eigenvalue weighted by atomic mass is 10.1. The molecule has 0 aromatic heterocycles. The third-order valence-corrected chi connectivity index (χ3v) is 4.61. The molecule has 0 aliphatic carbocycles. The van der Waals surface area contributed by atoms with Crippen molar-refractivity contribution in [1.29, 1.82) is 0 Å². The monoisotopic (exact) mass is 372 g/mol. The molecular weight excluding hydrogens is 348 g/mol. The molecule has 0 bridgehead atoms. The first kappa shape index (κ1) is 19.4. The first-order chi connectivity index (χ1) is 13.5. The van der Waals surface area contributed by atoms with Gasteiger partial charge in [0.1, 0.15) is 11.5 Å². The Morgan fingerprint density at radius 3 is 1.36 bits per heavy atom. The van der Waals surface area contributed by atoms with Gasteiger partial charge in [-0.1, -0.05) is 60.7 Å². The van der Waals surface area contributed by atoms with Crippen molar-refractivity contribution in [2.75, 3.05) is 0 Å². The van der Waals surface area contributed by atoms with Crippen LogP contribution in [0.2, 0.25) is 0 Å². The number of aromatic hydroxyl groups is 2. The van der Waals surface area contributed by atoms with E-state index >= 15 is 0 Å². The van der Waals surface area contributed by atoms with Gasteiger partial charge < -0.3 is 10.2 Å². The lowest BCUT2D eigenvalue weighted by Crippen LogP contribution is -1.94. The molecular formula is C24H24N2O2. The predicted molar refractivity (Wildman–Crippen MR) is 115 cm³/mol. The predicted octanol–water partition coefficient (Wildman–Crippen LogP) is 5.46. The van der Waals surface area contributed by atoms with Crippen molar-refractivity contribution in [3.8, 4) is 11.5 Å². The van der Waals surface area contributed by atoms with E-state index in [1.165, 1.54) is 12.1 Å². The van der Waals surface area contributed by atoms with E-state index in [0.29, 0.717) is 11.1 Å². The largest absolute Gasteiger partial charge is 0.507 e. The zero-order valence-electron chi connectivity index (χ0n) is 16.0. The second-order valence-electron chi connectivity index (χ2n) is 6.70. The SMILES string of the molecule is C[C@@H](N=Cc1cc(O)c(C=N[C@H](C)c2ccccc2)cc1O)c1ccccc1. The summed E-state index contributed by atoms with van der Waals surface area (Å²) >= 11 is 0. The van der Waals surface area contributed by atoms with Crippen LogP contribution in [-0.2, 0) is 0 Å². The summed E-state index contributed by atoms with van der Waals surface area (Å²) < 4.78 is 0. The van der Waals surface area contributed by atoms with E-state index in [2.05, 4.69) is 9.98 Å². The van der Waals surface area contributed by atoms with Gasteiger partial charge in [0.05, 0.1) is 12.1 Å². The molecule has 4 heteroatoms. The molecule has 0 fully saturated rings. The van der Waals surface area contributed by atoms with Gasteiger partial charge in [0.25, 0.3) is 0 Å². The van der Waals surface area contributed by atoms with Gasteiger partial charge in [0, 0.05) is 23.6 Å². The molecule has 2 atom stereocenters. The quantitative estimate of drug-likeness (QED) is 0.446. The van der Waals surface area contributed by atoms with Gasteiger partial charge in [-0.3, -0.25) is 9.98 Å². The van der Waals surface area contributed by atoms with Crippen molar-refractivity contribution in [3.63, 3.8) is 0 Å². The molecule has 0 saturated heterocycles. The topological polar surface area (TPSA) is 65.2 Å². The summed E-state index contributed by atoms with van der Waals surface area (Å²) in [7, 11) is 0. The Kier molecular flexibility index (Phi) is 6.22. The number of hydrogen-bond donors (Lipinski definition) is 2. The van der Waals surface area contributed by atoms with E-state index in [9.17, 15) is 10.2 Å². The number of hydrogen-bond acceptors (Lipinski definition) is 4. The van der Waals surface area contributed by atoms with Crippen molar-refractivity contribution in [3.05, 3.63) is 95.1 Å². The third-order valence-electron chi connectivity index (χ3n) is 4.61. The van der Waals surface area contributed by atoms with Gasteiger partial charge in [-0.15, -0.1) is 0 Å². The zero-order valence-corrected chi connectivity index (χ0v) is 16.0. The lowest BCUT2D eigenvalue weighted by Gasteiger charge is -2.08. The third kappa shape index (κ3) is 4.86. The lowest BCUT2D eigenvalue weighted by molar-refractivity contribution is 0.458. The van der Waals surface area contributed by atoms with Crippen LogP contribution in [0.15, 0.2) is 82.8 Å². The highest BCUT2D eigenvalue weighted by Gasteiger charge is 2.08. The average Bonchev–Trinajstić information content (AvgIpc) is 2.73. The number of rotatable bonds is 6. The highest BCUT2D eigenvalue weighted by atomic mass is 16.3. The number of phenols is 2. The molecule has 3 aromatic rings. The normalized spacial score (nSPS) is 13.8. The van der Waals surface area contributed by atoms with Gasteiger partial charge in [-0.2, -0.15) is 0 Å². The van der Waals surface area contributed by atoms with Crippen LogP contribution in [0, 0.1) is 0 Å². The minimum atomic E-state index is -0.0456. The maximum atomic E-state index is 10.3. The van der Waals surface area contributed by atoms with E-state index < -0.39 is 0 Å². The Hall–Kier alpha value is -3.40. The maximum absolute atomic E-state index is 10.3. The molecule has 142 valence electrons. The van der Waals surface area contributed by atoms with Crippen molar-refractivity contribution < 1.29 is 10.2 Å². The smallest absolute Gasteiger partial charge is 0.125 e. The van der Waals surface area contributed by atoms with E-state index in [-0.39, 0.29) is 23.6 Å². The minimum Gasteiger partial charge on any atom is -0.507 e. The number of aliphatic imine (C=N–C) groups is 2. The molecule has 0 radical (unpaired) electrons. The Morgan fingerprint density at radius 2 is 1.00 bits per heavy atom. The van der Waals surface area contributed by atoms with Crippen LogP contribution in [0.4, 0.5) is 0 Å². The highest BCUT2D eigenvalue weighted by molar-refractivity contribution is 5.90. The Labute approximate surface area is 165 Å². The molecule has 0 spiro atoms. The zero-order chi connectivity index (χ0) is 19.9. The molecule has 28 heavy (non-hydrogen) atoms. The van der Waals surface area contributed by atoms with Crippen LogP contribution in [0.5, 0.6) is 11.5 Å². The second kappa shape index (κ2) is 9.00. The average molecular weight is 372 g/mol. The number of benzene rings is 3. The Morgan fingerprint density at radius 1 is 0.643 bits per heavy atom. The van der Waals surface area contributed by atoms with Gasteiger partial charge in [-0.25, -0.2) is 0 Å². The van der Waals surface area contributed by atoms with Gasteiger partial charge >= 0.3 is 0 Å². The highest BCUT2D eigenvalue weighted by Crippen LogP contribution is 2.27. The van der Waals surface area contributed by atoms with E-state index in [4.69, 9.17) is 0 Å². The van der Waals surface area contributed by atoms with Crippen molar-refractivity contribution in [2.45, 2.75) is 25.9 Å². The van der Waals surface area contributed by atoms with Crippen LogP contribution in [0.1, 0.15) is 48.2 Å². The second-order valence-corrected chi connectivity index (χ2v) is 6.70. The molecule has 0 aliphatic rings. The van der Waals surface area contributed by atoms with Crippen molar-refractivity contribution in [1.82, 2.24) is 0 Å². The minimum absolute atomic E-state index is 0.0456. The fourth-order valence-electron chi connectivity index (χ4n) is 2.84. The molecule has 2 N–H and O–H groups in total. The van der Waals surface area contributed by atoms with Gasteiger partial charge in [0.15, 0.2) is 0 Å². The Balaban J connectivity index is 1.75. The molecule has 0 aliphatic heterocycles. The van der Waals surface area contributed by atoms with Crippen LogP contribution >= 0.6 is 0 Å². The van der Waals surface area contributed by atoms with Gasteiger partial charge in [0.2, 0.25) is 0 Å². The van der Waals surface area contributed by atoms with E-state index in [1.807, 2.05) is 74.5 Å². The molecule has 0 unspecified atom stereocenters. The van der Waals surface area contributed by atoms with E-state index in [1.54, 1.807) is 12.4 Å². The van der Waals surface area contributed by atoms with E-state index in [0.717, 1.165) is 11.1 Å². The number of phenolic OH excluding ortho intramolecular Hbond substituents is 2. The summed E-state index contributed by atoms with van der Waals surface area (Å²) in [5, 5.41) is 20.6. The first-order valence-corrected chi connectivity index (χ1v) is 9.27. The molecule has 0 heterocycles. The molecule has 3 rings (SSSR count). The summed E-state index contributed by atoms with van der Waals surface area (Å²) in [6, 6.07) is 22.7. The fourth-order valence-corrected chi connectivity index (χ4v) is 2.84. The summed E-state index contributed by atoms with van der Waals surface area (Å²) in [6.45, 7) is 3.96. The first-order valence-electron chi connectivity index (χ1n) is 9.27. The molecule has 4 nitrogen and oxygen atoms in total. The van der Waals surface area contributed by atoms with Crippen LogP contribution < -0.4 is 0 Å². The number of nitrogens with zero attached hydrogens (tertiary/aromatic N) is 2. The van der Waals surface area contributed by atoms with Gasteiger partial charge in [-0.05, 0) is 37.1 Å². The standard InChI is InChI=1S/C24H24N2O2/c1-17(19-9-5-3-6-10-19)25-15-21-13-24(28)22(14-23(21)27)16-26-18(2)20-11-7-4-8-12-20/h3-18,27-28H,1-2H3/t17-,18-/m1/s1. The van der Waals surface area contributed by atoms with Crippen molar-refractivity contribution in [2.24, 2.45) is 9.98 Å². The summed E-state index contributed by atoms with van der Waals surface area (Å²) in [4.78, 5) is 8.96. The van der Waals surface area contributed by atoms with Crippen LogP contribution in [-0.4, -0.2) is 22.6 Å². The molecule has 0 saturated carbocycles. The molecule has 0 amide bonds. The summed E-state index contributed by atoms with van der Waals surface area (Å²) in [5.74, 6) is 0.103. The van der Waals surface area contributed by atoms with Crippen LogP contribution in [0.25, 0.3) is 0 Å². The fraction of sp³-hybridized carbons (Fsp3) is 0.167. The van der Waals surface area contributed by atoms with Crippen molar-refractivity contribution >= 4 is 12.4 Å². The Bertz CT molecular complexity index is 885. The summed E-state index contributed by atoms with van der Waals surface area (Å²) in [6.07, 6.45) is 3.17. The maximum Gasteiger partial charge on any atom is 0.125 e.